The van der Waals surface area contributed by atoms with Crippen molar-refractivity contribution in [1.29, 1.82) is 0 Å². The molecule has 0 bridgehead atoms. The predicted octanol–water partition coefficient (Wildman–Crippen LogP) is 2.71. The Kier molecular flexibility index (Phi) is 5.02. The van der Waals surface area contributed by atoms with Crippen LogP contribution in [0.1, 0.15) is 46.5 Å². The highest BCUT2D eigenvalue weighted by atomic mass is 19.4. The summed E-state index contributed by atoms with van der Waals surface area (Å²) >= 11 is 0. The zero-order valence-electron chi connectivity index (χ0n) is 14.1. The molecule has 2 aliphatic carbocycles. The first kappa shape index (κ1) is 18.5. The number of carbonyl (C=O) groups excluding carboxylic acids is 1. The van der Waals surface area contributed by atoms with Crippen LogP contribution in [-0.2, 0) is 9.53 Å². The summed E-state index contributed by atoms with van der Waals surface area (Å²) < 4.78 is 43.2. The molecule has 0 aromatic heterocycles. The third-order valence-electron chi connectivity index (χ3n) is 5.34. The van der Waals surface area contributed by atoms with Crippen molar-refractivity contribution < 1.29 is 22.7 Å². The van der Waals surface area contributed by atoms with Crippen LogP contribution in [-0.4, -0.2) is 48.3 Å². The van der Waals surface area contributed by atoms with E-state index in [1.165, 1.54) is 4.90 Å². The Morgan fingerprint density at radius 3 is 2.39 bits per heavy atom. The van der Waals surface area contributed by atoms with Gasteiger partial charge in [0.1, 0.15) is 5.54 Å². The van der Waals surface area contributed by atoms with E-state index in [0.717, 1.165) is 12.8 Å². The van der Waals surface area contributed by atoms with Crippen molar-refractivity contribution in [3.05, 3.63) is 0 Å². The number of ether oxygens (including phenoxy) is 1. The molecule has 7 heteroatoms. The molecule has 4 nitrogen and oxygen atoms in total. The van der Waals surface area contributed by atoms with Crippen molar-refractivity contribution in [1.82, 2.24) is 4.90 Å². The summed E-state index contributed by atoms with van der Waals surface area (Å²) in [4.78, 5) is 14.2. The summed E-state index contributed by atoms with van der Waals surface area (Å²) in [6.07, 6.45) is -3.09. The van der Waals surface area contributed by atoms with Crippen LogP contribution in [0, 0.1) is 11.3 Å². The third kappa shape index (κ3) is 3.82. The highest BCUT2D eigenvalue weighted by Crippen LogP contribution is 2.51. The van der Waals surface area contributed by atoms with E-state index in [4.69, 9.17) is 10.5 Å². The summed E-state index contributed by atoms with van der Waals surface area (Å²) in [5, 5.41) is 0. The first-order valence-corrected chi connectivity index (χ1v) is 8.28. The van der Waals surface area contributed by atoms with E-state index in [2.05, 4.69) is 0 Å². The lowest BCUT2D eigenvalue weighted by molar-refractivity contribution is -0.182. The molecule has 2 rings (SSSR count). The highest BCUT2D eigenvalue weighted by molar-refractivity contribution is 5.89. The maximum Gasteiger partial charge on any atom is 0.390 e. The third-order valence-corrected chi connectivity index (χ3v) is 5.34. The molecule has 23 heavy (non-hydrogen) atoms. The Morgan fingerprint density at radius 2 is 1.96 bits per heavy atom. The second-order valence-electron chi connectivity index (χ2n) is 7.40. The van der Waals surface area contributed by atoms with Gasteiger partial charge < -0.3 is 15.4 Å². The Balaban J connectivity index is 2.07. The van der Waals surface area contributed by atoms with E-state index in [0.29, 0.717) is 25.5 Å². The lowest BCUT2D eigenvalue weighted by Gasteiger charge is -2.58. The van der Waals surface area contributed by atoms with Gasteiger partial charge in [-0.2, -0.15) is 13.2 Å². The van der Waals surface area contributed by atoms with Crippen molar-refractivity contribution in [3.63, 3.8) is 0 Å². The van der Waals surface area contributed by atoms with Crippen LogP contribution in [0.4, 0.5) is 13.2 Å². The molecule has 2 atom stereocenters. The van der Waals surface area contributed by atoms with Crippen molar-refractivity contribution in [2.75, 3.05) is 19.7 Å². The van der Waals surface area contributed by atoms with Gasteiger partial charge in [0.15, 0.2) is 0 Å². The number of rotatable bonds is 7. The van der Waals surface area contributed by atoms with Gasteiger partial charge in [0, 0.05) is 31.5 Å². The van der Waals surface area contributed by atoms with Crippen LogP contribution in [0.25, 0.3) is 0 Å². The lowest BCUT2D eigenvalue weighted by atomic mass is 9.54. The minimum atomic E-state index is -4.27. The summed E-state index contributed by atoms with van der Waals surface area (Å²) in [6.45, 7) is 6.17. The first-order valence-electron chi connectivity index (χ1n) is 8.28. The number of carbonyl (C=O) groups is 1. The number of halogens is 3. The quantitative estimate of drug-likeness (QED) is 0.778. The summed E-state index contributed by atoms with van der Waals surface area (Å²) in [5.41, 5.74) is 4.60. The number of alkyl halides is 3. The molecule has 0 aromatic rings. The molecule has 1 amide bonds. The molecule has 0 heterocycles. The zero-order chi connectivity index (χ0) is 17.5. The lowest BCUT2D eigenvalue weighted by Crippen LogP contribution is -2.76. The zero-order valence-corrected chi connectivity index (χ0v) is 14.1. The second kappa shape index (κ2) is 6.24. The molecule has 134 valence electrons. The summed E-state index contributed by atoms with van der Waals surface area (Å²) in [6, 6.07) is 0. The van der Waals surface area contributed by atoms with Gasteiger partial charge in [-0.05, 0) is 25.7 Å². The van der Waals surface area contributed by atoms with Crippen molar-refractivity contribution in [3.8, 4) is 0 Å². The number of hydrogen-bond acceptors (Lipinski definition) is 3. The van der Waals surface area contributed by atoms with Crippen molar-refractivity contribution in [2.45, 2.75) is 64.3 Å². The van der Waals surface area contributed by atoms with Gasteiger partial charge in [-0.15, -0.1) is 0 Å². The minimum absolute atomic E-state index is 0.133. The van der Waals surface area contributed by atoms with Gasteiger partial charge in [-0.3, -0.25) is 4.79 Å². The fraction of sp³-hybridized carbons (Fsp3) is 0.938. The maximum absolute atomic E-state index is 12.9. The van der Waals surface area contributed by atoms with Gasteiger partial charge in [0.2, 0.25) is 5.91 Å². The van der Waals surface area contributed by atoms with Crippen molar-refractivity contribution in [2.24, 2.45) is 17.1 Å². The standard InChI is InChI=1S/C16H27F3N2O2/c1-4-23-12-9-15(20,14(12,2)3)13(22)21(10-11-5-6-11)8-7-16(17,18)19/h11-12H,4-10,20H2,1-3H3. The molecule has 2 unspecified atom stereocenters. The molecular weight excluding hydrogens is 309 g/mol. The van der Waals surface area contributed by atoms with Gasteiger partial charge in [0.05, 0.1) is 12.5 Å². The van der Waals surface area contributed by atoms with Crippen LogP contribution in [0.3, 0.4) is 0 Å². The van der Waals surface area contributed by atoms with E-state index in [1.54, 1.807) is 0 Å². The Bertz CT molecular complexity index is 449. The van der Waals surface area contributed by atoms with Crippen LogP contribution in [0.5, 0.6) is 0 Å². The van der Waals surface area contributed by atoms with Crippen LogP contribution >= 0.6 is 0 Å². The molecule has 2 saturated carbocycles. The molecule has 0 aromatic carbocycles. The Hall–Kier alpha value is -0.820. The van der Waals surface area contributed by atoms with Crippen molar-refractivity contribution >= 4 is 5.91 Å². The van der Waals surface area contributed by atoms with Crippen LogP contribution in [0.2, 0.25) is 0 Å². The molecule has 0 saturated heterocycles. The predicted molar refractivity (Wildman–Crippen MR) is 80.7 cm³/mol. The largest absolute Gasteiger partial charge is 0.390 e. The smallest absolute Gasteiger partial charge is 0.378 e. The van der Waals surface area contributed by atoms with E-state index >= 15 is 0 Å². The molecule has 2 aliphatic rings. The SMILES string of the molecule is CCOC1CC(N)(C(=O)N(CCC(F)(F)F)CC2CC2)C1(C)C. The van der Waals surface area contributed by atoms with E-state index < -0.39 is 23.6 Å². The summed E-state index contributed by atoms with van der Waals surface area (Å²) in [5.74, 6) is -0.0451. The van der Waals surface area contributed by atoms with Crippen LogP contribution < -0.4 is 5.73 Å². The maximum atomic E-state index is 12.9. The number of hydrogen-bond donors (Lipinski definition) is 1. The average Bonchev–Trinajstić information content (AvgIpc) is 3.25. The van der Waals surface area contributed by atoms with E-state index in [9.17, 15) is 18.0 Å². The van der Waals surface area contributed by atoms with Gasteiger partial charge in [-0.1, -0.05) is 13.8 Å². The number of nitrogens with zero attached hydrogens (tertiary/aromatic N) is 1. The normalized spacial score (nSPS) is 30.0. The number of nitrogens with two attached hydrogens (primary N) is 1. The first-order chi connectivity index (χ1) is 10.5. The molecular formula is C16H27F3N2O2. The molecule has 0 aliphatic heterocycles. The van der Waals surface area contributed by atoms with Gasteiger partial charge in [-0.25, -0.2) is 0 Å². The van der Waals surface area contributed by atoms with E-state index in [1.807, 2.05) is 20.8 Å². The molecule has 2 fully saturated rings. The fourth-order valence-electron chi connectivity index (χ4n) is 3.23. The molecule has 0 spiro atoms. The van der Waals surface area contributed by atoms with Gasteiger partial charge >= 0.3 is 6.18 Å². The van der Waals surface area contributed by atoms with Crippen LogP contribution in [0.15, 0.2) is 0 Å². The molecule has 2 N–H and O–H groups in total. The minimum Gasteiger partial charge on any atom is -0.378 e. The Morgan fingerprint density at radius 1 is 1.35 bits per heavy atom. The highest BCUT2D eigenvalue weighted by Gasteiger charge is 2.63. The number of amides is 1. The average molecular weight is 336 g/mol. The van der Waals surface area contributed by atoms with Gasteiger partial charge in [0.25, 0.3) is 0 Å². The monoisotopic (exact) mass is 336 g/mol. The Labute approximate surface area is 135 Å². The fourth-order valence-corrected chi connectivity index (χ4v) is 3.23. The summed E-state index contributed by atoms with van der Waals surface area (Å²) in [7, 11) is 0. The van der Waals surface area contributed by atoms with E-state index in [-0.39, 0.29) is 18.6 Å². The topological polar surface area (TPSA) is 55.6 Å². The second-order valence-corrected chi connectivity index (χ2v) is 7.40. The molecule has 0 radical (unpaired) electrons.